The summed E-state index contributed by atoms with van der Waals surface area (Å²) >= 11 is 4.67. The molecule has 0 saturated heterocycles. The maximum Gasteiger partial charge on any atom is 0.150 e. The van der Waals surface area contributed by atoms with Crippen LogP contribution in [0.3, 0.4) is 0 Å². The van der Waals surface area contributed by atoms with Crippen molar-refractivity contribution in [1.29, 1.82) is 0 Å². The number of hydrogen-bond acceptors (Lipinski definition) is 3. The molecule has 0 spiro atoms. The van der Waals surface area contributed by atoms with Gasteiger partial charge in [-0.2, -0.15) is 5.11 Å². The topological polar surface area (TPSA) is 28.0 Å². The molecule has 0 radical (unpaired) electrons. The third-order valence-corrected chi connectivity index (χ3v) is 2.97. The highest BCUT2D eigenvalue weighted by Gasteiger charge is 2.24. The molecule has 1 rings (SSSR count). The van der Waals surface area contributed by atoms with Gasteiger partial charge in [0.15, 0.2) is 2.06 Å². The summed E-state index contributed by atoms with van der Waals surface area (Å²) in [5, 5.41) is 10.3. The second-order valence-corrected chi connectivity index (χ2v) is 7.66. The van der Waals surface area contributed by atoms with Gasteiger partial charge in [-0.15, -0.1) is 0 Å². The summed E-state index contributed by atoms with van der Waals surface area (Å²) in [6.45, 7) is 5.35. The average Bonchev–Trinajstić information content (AvgIpc) is 2.33. The molecule has 0 aromatic heterocycles. The first-order valence-corrected chi connectivity index (χ1v) is 6.06. The van der Waals surface area contributed by atoms with Crippen LogP contribution < -0.4 is 0 Å². The lowest BCUT2D eigenvalue weighted by Crippen LogP contribution is -2.26. The van der Waals surface area contributed by atoms with Crippen molar-refractivity contribution in [2.45, 2.75) is 21.9 Å². The Morgan fingerprint density at radius 1 is 1.45 bits per heavy atom. The molecule has 1 atom stereocenters. The van der Waals surface area contributed by atoms with Crippen LogP contribution in [-0.4, -0.2) is 19.7 Å². The lowest BCUT2D eigenvalue weighted by Gasteiger charge is -2.16. The summed E-state index contributed by atoms with van der Waals surface area (Å²) in [5.74, 6) is 0.607. The third-order valence-electron chi connectivity index (χ3n) is 1.68. The van der Waals surface area contributed by atoms with Crippen LogP contribution in [-0.2, 0) is 0 Å². The second kappa shape index (κ2) is 4.20. The van der Waals surface area contributed by atoms with Crippen LogP contribution >= 0.6 is 45.2 Å². The number of hydrogen-bond donors (Lipinski definition) is 0. The summed E-state index contributed by atoms with van der Waals surface area (Å²) in [4.78, 5) is 0. The van der Waals surface area contributed by atoms with Crippen LogP contribution in [0, 0.1) is 5.92 Å². The van der Waals surface area contributed by atoms with E-state index in [1.165, 1.54) is 0 Å². The fraction of sp³-hybridized carbons (Fsp3) is 1.00. The molecule has 5 heteroatoms. The van der Waals surface area contributed by atoms with Gasteiger partial charge in [-0.25, -0.2) is 0 Å². The molecule has 1 heterocycles. The predicted octanol–water partition coefficient (Wildman–Crippen LogP) is 2.85. The lowest BCUT2D eigenvalue weighted by atomic mass is 10.1. The van der Waals surface area contributed by atoms with Crippen molar-refractivity contribution < 1.29 is 0 Å². The fourth-order valence-corrected chi connectivity index (χ4v) is 1.54. The van der Waals surface area contributed by atoms with E-state index in [-0.39, 0.29) is 0 Å². The summed E-state index contributed by atoms with van der Waals surface area (Å²) in [6, 6.07) is 0.405. The molecule has 0 aromatic rings. The minimum Gasteiger partial charge on any atom is -0.254 e. The Kier molecular flexibility index (Phi) is 3.79. The quantitative estimate of drug-likeness (QED) is 0.412. The normalized spacial score (nSPS) is 24.2. The van der Waals surface area contributed by atoms with E-state index < -0.39 is 0 Å². The Morgan fingerprint density at radius 3 is 2.36 bits per heavy atom. The molecule has 11 heavy (non-hydrogen) atoms. The number of nitrogens with zero attached hydrogens (tertiary/aromatic N) is 3. The number of halogens is 2. The minimum absolute atomic E-state index is 0.405. The minimum atomic E-state index is 0.405. The highest BCUT2D eigenvalue weighted by atomic mass is 127. The first-order valence-electron chi connectivity index (χ1n) is 3.57. The monoisotopic (exact) mass is 379 g/mol. The van der Waals surface area contributed by atoms with Crippen LogP contribution in [0.4, 0.5) is 0 Å². The van der Waals surface area contributed by atoms with Gasteiger partial charge in [0.1, 0.15) is 0 Å². The molecule has 0 aromatic carbocycles. The molecule has 1 unspecified atom stereocenters. The molecule has 64 valence electrons. The molecule has 0 bridgehead atoms. The maximum absolute atomic E-state index is 4.18. The molecule has 0 amide bonds. The van der Waals surface area contributed by atoms with E-state index in [2.05, 4.69) is 69.4 Å². The van der Waals surface area contributed by atoms with E-state index in [0.29, 0.717) is 14.0 Å². The molecule has 0 N–H and O–H groups in total. The summed E-state index contributed by atoms with van der Waals surface area (Å²) in [5.41, 5.74) is 0. The van der Waals surface area contributed by atoms with Crippen LogP contribution in [0.2, 0.25) is 0 Å². The van der Waals surface area contributed by atoms with Crippen molar-refractivity contribution in [2.24, 2.45) is 16.3 Å². The van der Waals surface area contributed by atoms with Gasteiger partial charge < -0.3 is 0 Å². The number of rotatable bonds is 2. The Bertz CT molecular complexity index is 142. The van der Waals surface area contributed by atoms with Crippen molar-refractivity contribution in [2.75, 3.05) is 6.54 Å². The van der Waals surface area contributed by atoms with Crippen molar-refractivity contribution in [3.8, 4) is 0 Å². The van der Waals surface area contributed by atoms with Gasteiger partial charge in [0, 0.05) is 0 Å². The van der Waals surface area contributed by atoms with E-state index in [1.54, 1.807) is 0 Å². The lowest BCUT2D eigenvalue weighted by molar-refractivity contribution is 0.344. The van der Waals surface area contributed by atoms with Crippen LogP contribution in [0.1, 0.15) is 13.8 Å². The zero-order chi connectivity index (χ0) is 8.43. The summed E-state index contributed by atoms with van der Waals surface area (Å²) in [7, 11) is 0. The van der Waals surface area contributed by atoms with E-state index in [4.69, 9.17) is 0 Å². The Morgan fingerprint density at radius 2 is 2.09 bits per heavy atom. The van der Waals surface area contributed by atoms with E-state index in [9.17, 15) is 0 Å². The fourth-order valence-electron chi connectivity index (χ4n) is 0.860. The van der Waals surface area contributed by atoms with Gasteiger partial charge in [0.25, 0.3) is 0 Å². The van der Waals surface area contributed by atoms with Gasteiger partial charge in [-0.1, -0.05) is 19.1 Å². The summed E-state index contributed by atoms with van der Waals surface area (Å²) in [6.07, 6.45) is 0. The Balaban J connectivity index is 2.43. The van der Waals surface area contributed by atoms with Crippen molar-refractivity contribution in [1.82, 2.24) is 5.01 Å². The number of alkyl halides is 2. The van der Waals surface area contributed by atoms with E-state index in [1.807, 2.05) is 5.01 Å². The zero-order valence-corrected chi connectivity index (χ0v) is 10.9. The predicted molar refractivity (Wildman–Crippen MR) is 62.0 cm³/mol. The van der Waals surface area contributed by atoms with Crippen LogP contribution in [0.25, 0.3) is 0 Å². The van der Waals surface area contributed by atoms with Crippen molar-refractivity contribution in [3.63, 3.8) is 0 Å². The van der Waals surface area contributed by atoms with Gasteiger partial charge in [-0.3, -0.25) is 5.01 Å². The van der Waals surface area contributed by atoms with Crippen molar-refractivity contribution in [3.05, 3.63) is 0 Å². The standard InChI is InChI=1S/C6H11I2N3/c1-4(2)5-3-11(6(7)8)10-9-5/h4-6H,3H2,1-2H3. The first kappa shape index (κ1) is 9.94. The molecular weight excluding hydrogens is 368 g/mol. The molecule has 0 fully saturated rings. The highest BCUT2D eigenvalue weighted by molar-refractivity contribution is 14.2. The van der Waals surface area contributed by atoms with Gasteiger partial charge in [0.05, 0.1) is 12.6 Å². The highest BCUT2D eigenvalue weighted by Crippen LogP contribution is 2.24. The van der Waals surface area contributed by atoms with Gasteiger partial charge in [0.2, 0.25) is 0 Å². The second-order valence-electron chi connectivity index (χ2n) is 2.92. The van der Waals surface area contributed by atoms with Crippen LogP contribution in [0.15, 0.2) is 10.3 Å². The van der Waals surface area contributed by atoms with E-state index >= 15 is 0 Å². The Hall–Kier alpha value is 0.860. The van der Waals surface area contributed by atoms with Gasteiger partial charge in [-0.05, 0) is 51.1 Å². The van der Waals surface area contributed by atoms with Gasteiger partial charge >= 0.3 is 0 Å². The maximum atomic E-state index is 4.18. The molecule has 0 aliphatic carbocycles. The summed E-state index contributed by atoms with van der Waals surface area (Å²) < 4.78 is 0.428. The van der Waals surface area contributed by atoms with E-state index in [0.717, 1.165) is 6.54 Å². The smallest absolute Gasteiger partial charge is 0.150 e. The molecule has 1 aliphatic heterocycles. The zero-order valence-electron chi connectivity index (χ0n) is 6.54. The van der Waals surface area contributed by atoms with Crippen molar-refractivity contribution >= 4 is 45.2 Å². The third kappa shape index (κ3) is 2.67. The molecule has 3 nitrogen and oxygen atoms in total. The van der Waals surface area contributed by atoms with Crippen LogP contribution in [0.5, 0.6) is 0 Å². The molecule has 0 saturated carbocycles. The molecular formula is C6H11I2N3. The first-order chi connectivity index (χ1) is 5.11. The Labute approximate surface area is 94.3 Å². The molecule has 1 aliphatic rings. The SMILES string of the molecule is CC(C)C1CN(C(I)I)N=N1. The largest absolute Gasteiger partial charge is 0.254 e. The average molecular weight is 379 g/mol.